The molecule has 0 bridgehead atoms. The quantitative estimate of drug-likeness (QED) is 0.894. The van der Waals surface area contributed by atoms with Gasteiger partial charge in [-0.25, -0.2) is 0 Å². The number of hydrogen-bond acceptors (Lipinski definition) is 2. The minimum Gasteiger partial charge on any atom is -0.494 e. The number of hydrogen-bond donors (Lipinski definition) is 1. The topological polar surface area (TPSA) is 21.3 Å². The van der Waals surface area contributed by atoms with Crippen molar-refractivity contribution in [1.82, 2.24) is 5.32 Å². The highest BCUT2D eigenvalue weighted by molar-refractivity contribution is 5.85. The van der Waals surface area contributed by atoms with E-state index in [1.54, 1.807) is 0 Å². The highest BCUT2D eigenvalue weighted by Crippen LogP contribution is 2.25. The average Bonchev–Trinajstić information content (AvgIpc) is 2.39. The first-order valence-corrected chi connectivity index (χ1v) is 7.52. The van der Waals surface area contributed by atoms with Crippen LogP contribution in [0.1, 0.15) is 52.0 Å². The molecule has 0 aliphatic carbocycles. The van der Waals surface area contributed by atoms with Gasteiger partial charge in [-0.15, -0.1) is 12.4 Å². The molecule has 1 N–H and O–H groups in total. The summed E-state index contributed by atoms with van der Waals surface area (Å²) in [5, 5.41) is 3.56. The average molecular weight is 298 g/mol. The van der Waals surface area contributed by atoms with Crippen LogP contribution in [0.3, 0.4) is 0 Å². The smallest absolute Gasteiger partial charge is 0.119 e. The van der Waals surface area contributed by atoms with Gasteiger partial charge in [0, 0.05) is 6.04 Å². The van der Waals surface area contributed by atoms with Crippen molar-refractivity contribution in [2.45, 2.75) is 57.9 Å². The number of halogens is 1. The number of rotatable bonds is 4. The SMILES string of the molecule is CC(C)(C)c1cccc(OCCC2CCCCN2)c1.Cl. The van der Waals surface area contributed by atoms with Gasteiger partial charge in [0.2, 0.25) is 0 Å². The van der Waals surface area contributed by atoms with E-state index in [-0.39, 0.29) is 17.8 Å². The minimum atomic E-state index is 0. The fraction of sp³-hybridized carbons (Fsp3) is 0.647. The van der Waals surface area contributed by atoms with Crippen LogP contribution in [-0.4, -0.2) is 19.2 Å². The van der Waals surface area contributed by atoms with Gasteiger partial charge in [-0.05, 0) is 48.9 Å². The first kappa shape index (κ1) is 17.3. The molecule has 1 saturated heterocycles. The molecule has 0 radical (unpaired) electrons. The molecule has 1 atom stereocenters. The Balaban J connectivity index is 0.00000200. The van der Waals surface area contributed by atoms with E-state index < -0.39 is 0 Å². The van der Waals surface area contributed by atoms with Crippen molar-refractivity contribution in [3.8, 4) is 5.75 Å². The van der Waals surface area contributed by atoms with Crippen molar-refractivity contribution in [1.29, 1.82) is 0 Å². The summed E-state index contributed by atoms with van der Waals surface area (Å²) in [5.74, 6) is 1.00. The molecular weight excluding hydrogens is 270 g/mol. The monoisotopic (exact) mass is 297 g/mol. The van der Waals surface area contributed by atoms with E-state index in [9.17, 15) is 0 Å². The van der Waals surface area contributed by atoms with Crippen LogP contribution < -0.4 is 10.1 Å². The first-order valence-electron chi connectivity index (χ1n) is 7.52. The van der Waals surface area contributed by atoms with Crippen LogP contribution in [0, 0.1) is 0 Å². The summed E-state index contributed by atoms with van der Waals surface area (Å²) in [6.45, 7) is 8.68. The zero-order valence-corrected chi connectivity index (χ0v) is 13.8. The van der Waals surface area contributed by atoms with E-state index in [0.717, 1.165) is 18.8 Å². The van der Waals surface area contributed by atoms with Gasteiger partial charge in [-0.1, -0.05) is 39.3 Å². The molecule has 0 amide bonds. The van der Waals surface area contributed by atoms with Gasteiger partial charge in [0.25, 0.3) is 0 Å². The lowest BCUT2D eigenvalue weighted by molar-refractivity contribution is 0.268. The second kappa shape index (κ2) is 7.90. The summed E-state index contributed by atoms with van der Waals surface area (Å²) < 4.78 is 5.90. The normalized spacial score (nSPS) is 19.2. The highest BCUT2D eigenvalue weighted by atomic mass is 35.5. The van der Waals surface area contributed by atoms with E-state index in [1.165, 1.54) is 31.4 Å². The Morgan fingerprint density at radius 2 is 2.05 bits per heavy atom. The van der Waals surface area contributed by atoms with Crippen molar-refractivity contribution >= 4 is 12.4 Å². The molecule has 3 heteroatoms. The third kappa shape index (κ3) is 5.34. The van der Waals surface area contributed by atoms with E-state index >= 15 is 0 Å². The Morgan fingerprint density at radius 1 is 1.25 bits per heavy atom. The van der Waals surface area contributed by atoms with Crippen molar-refractivity contribution < 1.29 is 4.74 Å². The van der Waals surface area contributed by atoms with E-state index in [0.29, 0.717) is 6.04 Å². The summed E-state index contributed by atoms with van der Waals surface area (Å²) in [5.41, 5.74) is 1.52. The van der Waals surface area contributed by atoms with E-state index in [1.807, 2.05) is 0 Å². The minimum absolute atomic E-state index is 0. The summed E-state index contributed by atoms with van der Waals surface area (Å²) in [6, 6.07) is 9.15. The van der Waals surface area contributed by atoms with Crippen LogP contribution in [0.5, 0.6) is 5.75 Å². The number of piperidine rings is 1. The van der Waals surface area contributed by atoms with Crippen LogP contribution >= 0.6 is 12.4 Å². The lowest BCUT2D eigenvalue weighted by Crippen LogP contribution is -2.35. The molecule has 1 aromatic carbocycles. The van der Waals surface area contributed by atoms with Crippen LogP contribution in [0.15, 0.2) is 24.3 Å². The van der Waals surface area contributed by atoms with Gasteiger partial charge in [-0.3, -0.25) is 0 Å². The van der Waals surface area contributed by atoms with E-state index in [2.05, 4.69) is 50.4 Å². The highest BCUT2D eigenvalue weighted by Gasteiger charge is 2.15. The Kier molecular flexibility index (Phi) is 6.84. The number of ether oxygens (including phenoxy) is 1. The molecule has 1 fully saturated rings. The largest absolute Gasteiger partial charge is 0.494 e. The Morgan fingerprint density at radius 3 is 2.70 bits per heavy atom. The molecule has 1 aliphatic heterocycles. The molecular formula is C17H28ClNO. The molecule has 0 saturated carbocycles. The zero-order valence-electron chi connectivity index (χ0n) is 12.9. The Bertz CT molecular complexity index is 394. The first-order chi connectivity index (χ1) is 9.05. The number of benzene rings is 1. The van der Waals surface area contributed by atoms with Crippen LogP contribution in [-0.2, 0) is 5.41 Å². The van der Waals surface area contributed by atoms with Crippen molar-refractivity contribution in [3.05, 3.63) is 29.8 Å². The maximum absolute atomic E-state index is 5.90. The fourth-order valence-corrected chi connectivity index (χ4v) is 2.54. The fourth-order valence-electron chi connectivity index (χ4n) is 2.54. The van der Waals surface area contributed by atoms with Gasteiger partial charge < -0.3 is 10.1 Å². The Hall–Kier alpha value is -0.730. The standard InChI is InChI=1S/C17H27NO.ClH/c1-17(2,3)14-7-6-9-16(13-14)19-12-10-15-8-4-5-11-18-15;/h6-7,9,13,15,18H,4-5,8,10-12H2,1-3H3;1H. The maximum atomic E-state index is 5.90. The van der Waals surface area contributed by atoms with E-state index in [4.69, 9.17) is 4.74 Å². The molecule has 1 aliphatic rings. The molecule has 1 unspecified atom stereocenters. The molecule has 0 spiro atoms. The molecule has 1 aromatic rings. The van der Waals surface area contributed by atoms with Crippen molar-refractivity contribution in [2.24, 2.45) is 0 Å². The van der Waals surface area contributed by atoms with Gasteiger partial charge in [-0.2, -0.15) is 0 Å². The maximum Gasteiger partial charge on any atom is 0.119 e. The zero-order chi connectivity index (χ0) is 13.7. The van der Waals surface area contributed by atoms with Gasteiger partial charge in [0.15, 0.2) is 0 Å². The molecule has 2 rings (SSSR count). The van der Waals surface area contributed by atoms with Crippen molar-refractivity contribution in [3.63, 3.8) is 0 Å². The van der Waals surface area contributed by atoms with Crippen LogP contribution in [0.25, 0.3) is 0 Å². The second-order valence-electron chi connectivity index (χ2n) is 6.56. The summed E-state index contributed by atoms with van der Waals surface area (Å²) >= 11 is 0. The summed E-state index contributed by atoms with van der Waals surface area (Å²) in [7, 11) is 0. The third-order valence-corrected chi connectivity index (χ3v) is 3.85. The lowest BCUT2D eigenvalue weighted by atomic mass is 9.87. The Labute approximate surface area is 129 Å². The predicted octanol–water partition coefficient (Wildman–Crippen LogP) is 4.32. The molecule has 1 heterocycles. The molecule has 2 nitrogen and oxygen atoms in total. The van der Waals surface area contributed by atoms with Gasteiger partial charge >= 0.3 is 0 Å². The molecule has 114 valence electrons. The predicted molar refractivity (Wildman–Crippen MR) is 88.1 cm³/mol. The van der Waals surface area contributed by atoms with Crippen LogP contribution in [0.2, 0.25) is 0 Å². The summed E-state index contributed by atoms with van der Waals surface area (Å²) in [6.07, 6.45) is 5.09. The van der Waals surface area contributed by atoms with Crippen LogP contribution in [0.4, 0.5) is 0 Å². The number of nitrogens with one attached hydrogen (secondary N) is 1. The van der Waals surface area contributed by atoms with Gasteiger partial charge in [0.1, 0.15) is 5.75 Å². The van der Waals surface area contributed by atoms with Crippen molar-refractivity contribution in [2.75, 3.05) is 13.2 Å². The third-order valence-electron chi connectivity index (χ3n) is 3.85. The lowest BCUT2D eigenvalue weighted by Gasteiger charge is -2.23. The second-order valence-corrected chi connectivity index (χ2v) is 6.56. The summed E-state index contributed by atoms with van der Waals surface area (Å²) in [4.78, 5) is 0. The molecule has 0 aromatic heterocycles. The molecule has 20 heavy (non-hydrogen) atoms. The van der Waals surface area contributed by atoms with Gasteiger partial charge in [0.05, 0.1) is 6.61 Å².